The van der Waals surface area contributed by atoms with Gasteiger partial charge in [-0.3, -0.25) is 4.79 Å². The third-order valence-corrected chi connectivity index (χ3v) is 5.35. The smallest absolute Gasteiger partial charge is 0.220 e. The fraction of sp³-hybridized carbons (Fsp3) is 0.318. The zero-order chi connectivity index (χ0) is 20.6. The summed E-state index contributed by atoms with van der Waals surface area (Å²) >= 11 is 0. The van der Waals surface area contributed by atoms with Crippen LogP contribution in [0.2, 0.25) is 0 Å². The van der Waals surface area contributed by atoms with Gasteiger partial charge in [-0.25, -0.2) is 13.2 Å². The van der Waals surface area contributed by atoms with Crippen molar-refractivity contribution < 1.29 is 22.7 Å². The van der Waals surface area contributed by atoms with Gasteiger partial charge in [0.15, 0.2) is 0 Å². The molecule has 4 nitrogen and oxygen atoms in total. The summed E-state index contributed by atoms with van der Waals surface area (Å²) in [4.78, 5) is 15.4. The zero-order valence-electron chi connectivity index (χ0n) is 16.0. The molecule has 0 bridgehead atoms. The van der Waals surface area contributed by atoms with Crippen LogP contribution in [0, 0.1) is 17.5 Å². The number of fused-ring (bicyclic) bond motifs is 1. The molecule has 4 rings (SSSR count). The first-order chi connectivity index (χ1) is 13.9. The summed E-state index contributed by atoms with van der Waals surface area (Å²) in [7, 11) is 1.59. The number of benzene rings is 2. The van der Waals surface area contributed by atoms with Crippen molar-refractivity contribution in [1.29, 1.82) is 0 Å². The van der Waals surface area contributed by atoms with Crippen LogP contribution in [0.3, 0.4) is 0 Å². The Morgan fingerprint density at radius 2 is 1.86 bits per heavy atom. The average Bonchev–Trinajstić information content (AvgIpc) is 3.32. The van der Waals surface area contributed by atoms with Gasteiger partial charge in [-0.2, -0.15) is 0 Å². The molecule has 29 heavy (non-hydrogen) atoms. The molecule has 0 spiro atoms. The summed E-state index contributed by atoms with van der Waals surface area (Å²) in [5.74, 6) is -1.94. The Morgan fingerprint density at radius 3 is 2.52 bits per heavy atom. The minimum Gasteiger partial charge on any atom is -0.382 e. The molecule has 1 amide bonds. The summed E-state index contributed by atoms with van der Waals surface area (Å²) < 4.78 is 46.6. The lowest BCUT2D eigenvalue weighted by Gasteiger charge is -2.16. The summed E-state index contributed by atoms with van der Waals surface area (Å²) in [6.07, 6.45) is 2.18. The van der Waals surface area contributed by atoms with Crippen molar-refractivity contribution in [2.24, 2.45) is 0 Å². The fourth-order valence-electron chi connectivity index (χ4n) is 3.73. The third-order valence-electron chi connectivity index (χ3n) is 5.35. The summed E-state index contributed by atoms with van der Waals surface area (Å²) in [6.45, 7) is 0.461. The van der Waals surface area contributed by atoms with Gasteiger partial charge in [0.2, 0.25) is 5.91 Å². The van der Waals surface area contributed by atoms with Gasteiger partial charge in [0.25, 0.3) is 0 Å². The molecule has 1 saturated carbocycles. The van der Waals surface area contributed by atoms with E-state index in [4.69, 9.17) is 4.74 Å². The summed E-state index contributed by atoms with van der Waals surface area (Å²) in [5, 5.41) is 3.38. The average molecular weight is 402 g/mol. The molecule has 0 saturated heterocycles. The molecule has 0 aliphatic heterocycles. The SMILES string of the molecule is COCC1(NC(=O)CCc2c(-c3ccc(F)cc3)[nH]c3c(F)cc(F)cc23)CC1. The Kier molecular flexibility index (Phi) is 5.08. The highest BCUT2D eigenvalue weighted by molar-refractivity contribution is 5.92. The van der Waals surface area contributed by atoms with Crippen molar-refractivity contribution in [1.82, 2.24) is 10.3 Å². The first-order valence-electron chi connectivity index (χ1n) is 9.46. The number of amides is 1. The highest BCUT2D eigenvalue weighted by Gasteiger charge is 2.43. The van der Waals surface area contributed by atoms with Crippen LogP contribution in [-0.4, -0.2) is 30.1 Å². The number of rotatable bonds is 7. The van der Waals surface area contributed by atoms with E-state index in [9.17, 15) is 18.0 Å². The number of carbonyl (C=O) groups excluding carboxylic acids is 1. The molecule has 0 atom stereocenters. The van der Waals surface area contributed by atoms with Gasteiger partial charge in [-0.1, -0.05) is 0 Å². The number of hydrogen-bond donors (Lipinski definition) is 2. The van der Waals surface area contributed by atoms with E-state index in [1.165, 1.54) is 18.2 Å². The predicted octanol–water partition coefficient (Wildman–Crippen LogP) is 4.48. The van der Waals surface area contributed by atoms with Gasteiger partial charge < -0.3 is 15.0 Å². The first-order valence-corrected chi connectivity index (χ1v) is 9.46. The lowest BCUT2D eigenvalue weighted by Crippen LogP contribution is -2.40. The van der Waals surface area contributed by atoms with E-state index in [2.05, 4.69) is 10.3 Å². The van der Waals surface area contributed by atoms with Crippen molar-refractivity contribution in [2.75, 3.05) is 13.7 Å². The Morgan fingerprint density at radius 1 is 1.14 bits per heavy atom. The topological polar surface area (TPSA) is 54.1 Å². The van der Waals surface area contributed by atoms with Crippen LogP contribution < -0.4 is 5.32 Å². The van der Waals surface area contributed by atoms with Crippen LogP contribution >= 0.6 is 0 Å². The molecule has 1 aliphatic rings. The van der Waals surface area contributed by atoms with Crippen molar-refractivity contribution in [3.63, 3.8) is 0 Å². The predicted molar refractivity (Wildman–Crippen MR) is 104 cm³/mol. The number of aromatic amines is 1. The van der Waals surface area contributed by atoms with Crippen LogP contribution in [0.25, 0.3) is 22.2 Å². The number of ether oxygens (including phenoxy) is 1. The van der Waals surface area contributed by atoms with Crippen molar-refractivity contribution in [2.45, 2.75) is 31.2 Å². The lowest BCUT2D eigenvalue weighted by atomic mass is 10.0. The van der Waals surface area contributed by atoms with Crippen molar-refractivity contribution in [3.8, 4) is 11.3 Å². The summed E-state index contributed by atoms with van der Waals surface area (Å²) in [6, 6.07) is 7.80. The number of nitrogens with one attached hydrogen (secondary N) is 2. The Labute approximate surface area is 166 Å². The van der Waals surface area contributed by atoms with Gasteiger partial charge in [0.1, 0.15) is 17.5 Å². The molecule has 2 N–H and O–H groups in total. The number of aryl methyl sites for hydroxylation is 1. The maximum absolute atomic E-state index is 14.3. The van der Waals surface area contributed by atoms with Crippen LogP contribution in [0.15, 0.2) is 36.4 Å². The molecule has 2 aromatic carbocycles. The standard InChI is InChI=1S/C22H21F3N2O2/c1-29-12-22(8-9-22)27-19(28)7-6-16-17-10-15(24)11-18(25)21(17)26-20(16)13-2-4-14(23)5-3-13/h2-5,10-11,26H,6-9,12H2,1H3,(H,27,28). The van der Waals surface area contributed by atoms with Crippen LogP contribution in [0.4, 0.5) is 13.2 Å². The van der Waals surface area contributed by atoms with E-state index in [1.807, 2.05) is 0 Å². The Bertz CT molecular complexity index is 1060. The molecule has 1 fully saturated rings. The second-order valence-electron chi connectivity index (χ2n) is 7.56. The quantitative estimate of drug-likeness (QED) is 0.612. The van der Waals surface area contributed by atoms with Crippen LogP contribution in [-0.2, 0) is 16.0 Å². The fourth-order valence-corrected chi connectivity index (χ4v) is 3.73. The second-order valence-corrected chi connectivity index (χ2v) is 7.56. The zero-order valence-corrected chi connectivity index (χ0v) is 16.0. The molecule has 3 aromatic rings. The minimum atomic E-state index is -0.712. The maximum atomic E-state index is 14.3. The molecular formula is C22H21F3N2O2. The number of hydrogen-bond acceptors (Lipinski definition) is 2. The van der Waals surface area contributed by atoms with Crippen molar-refractivity contribution in [3.05, 3.63) is 59.4 Å². The monoisotopic (exact) mass is 402 g/mol. The molecule has 7 heteroatoms. The van der Waals surface area contributed by atoms with Gasteiger partial charge in [0.05, 0.1) is 17.7 Å². The maximum Gasteiger partial charge on any atom is 0.220 e. The van der Waals surface area contributed by atoms with E-state index in [0.29, 0.717) is 28.8 Å². The van der Waals surface area contributed by atoms with Crippen molar-refractivity contribution >= 4 is 16.8 Å². The molecule has 0 radical (unpaired) electrons. The third kappa shape index (κ3) is 4.00. The summed E-state index contributed by atoms with van der Waals surface area (Å²) in [5.41, 5.74) is 1.69. The largest absolute Gasteiger partial charge is 0.382 e. The molecule has 1 aliphatic carbocycles. The van der Waals surface area contributed by atoms with E-state index in [0.717, 1.165) is 18.9 Å². The number of methoxy groups -OCH3 is 1. The molecule has 152 valence electrons. The lowest BCUT2D eigenvalue weighted by molar-refractivity contribution is -0.122. The van der Waals surface area contributed by atoms with Crippen LogP contribution in [0.5, 0.6) is 0 Å². The Hall–Kier alpha value is -2.80. The van der Waals surface area contributed by atoms with Gasteiger partial charge in [0, 0.05) is 30.7 Å². The highest BCUT2D eigenvalue weighted by atomic mass is 19.1. The van der Waals surface area contributed by atoms with Gasteiger partial charge >= 0.3 is 0 Å². The Balaban J connectivity index is 1.65. The van der Waals surface area contributed by atoms with E-state index >= 15 is 0 Å². The number of aromatic nitrogens is 1. The van der Waals surface area contributed by atoms with E-state index in [-0.39, 0.29) is 29.8 Å². The van der Waals surface area contributed by atoms with Gasteiger partial charge in [-0.15, -0.1) is 0 Å². The number of H-pyrrole nitrogens is 1. The molecule has 1 aromatic heterocycles. The molecule has 1 heterocycles. The highest BCUT2D eigenvalue weighted by Crippen LogP contribution is 2.36. The molecular weight excluding hydrogens is 381 g/mol. The first kappa shape index (κ1) is 19.5. The second kappa shape index (κ2) is 7.55. The normalized spacial score (nSPS) is 14.9. The molecule has 0 unspecified atom stereocenters. The van der Waals surface area contributed by atoms with E-state index in [1.54, 1.807) is 19.2 Å². The number of halogens is 3. The van der Waals surface area contributed by atoms with E-state index < -0.39 is 17.5 Å². The number of carbonyl (C=O) groups is 1. The minimum absolute atomic E-state index is 0.143. The van der Waals surface area contributed by atoms with Crippen LogP contribution in [0.1, 0.15) is 24.8 Å². The van der Waals surface area contributed by atoms with Gasteiger partial charge in [-0.05, 0) is 60.7 Å².